The van der Waals surface area contributed by atoms with Crippen molar-refractivity contribution < 1.29 is 19.2 Å². The van der Waals surface area contributed by atoms with Crippen LogP contribution >= 0.6 is 0 Å². The van der Waals surface area contributed by atoms with Crippen molar-refractivity contribution in [1.82, 2.24) is 0 Å². The van der Waals surface area contributed by atoms with Crippen molar-refractivity contribution in [2.24, 2.45) is 5.16 Å². The molecule has 0 saturated heterocycles. The second-order valence-corrected chi connectivity index (χ2v) is 2.33. The van der Waals surface area contributed by atoms with Crippen molar-refractivity contribution >= 4 is 12.2 Å². The van der Waals surface area contributed by atoms with Gasteiger partial charge in [0.2, 0.25) is 0 Å². The summed E-state index contributed by atoms with van der Waals surface area (Å²) in [6.45, 7) is 1.41. The van der Waals surface area contributed by atoms with E-state index in [1.54, 1.807) is 12.1 Å². The SMILES string of the molecule is CC(=O)OCc1ccc(C=NO)o1. The van der Waals surface area contributed by atoms with Gasteiger partial charge in [-0.3, -0.25) is 4.79 Å². The van der Waals surface area contributed by atoms with Crippen LogP contribution in [0.4, 0.5) is 0 Å². The number of nitrogens with zero attached hydrogens (tertiary/aromatic N) is 1. The van der Waals surface area contributed by atoms with E-state index in [0.29, 0.717) is 11.5 Å². The van der Waals surface area contributed by atoms with Crippen LogP contribution < -0.4 is 0 Å². The largest absolute Gasteiger partial charge is 0.458 e. The molecule has 0 amide bonds. The standard InChI is InChI=1S/C8H9NO4/c1-6(10)12-5-8-3-2-7(13-8)4-9-11/h2-4,11H,5H2,1H3. The van der Waals surface area contributed by atoms with E-state index in [0.717, 1.165) is 6.21 Å². The molecule has 0 aliphatic rings. The third-order valence-corrected chi connectivity index (χ3v) is 1.29. The lowest BCUT2D eigenvalue weighted by atomic mass is 10.4. The van der Waals surface area contributed by atoms with E-state index in [2.05, 4.69) is 9.89 Å². The average Bonchev–Trinajstić information content (AvgIpc) is 2.50. The number of oxime groups is 1. The monoisotopic (exact) mass is 183 g/mol. The molecular weight excluding hydrogens is 174 g/mol. The second-order valence-electron chi connectivity index (χ2n) is 2.33. The van der Waals surface area contributed by atoms with Crippen molar-refractivity contribution in [1.29, 1.82) is 0 Å². The van der Waals surface area contributed by atoms with E-state index < -0.39 is 0 Å². The van der Waals surface area contributed by atoms with Gasteiger partial charge in [0.15, 0.2) is 0 Å². The van der Waals surface area contributed by atoms with Crippen molar-refractivity contribution in [3.8, 4) is 0 Å². The minimum absolute atomic E-state index is 0.0919. The maximum absolute atomic E-state index is 10.4. The van der Waals surface area contributed by atoms with Crippen molar-refractivity contribution in [3.63, 3.8) is 0 Å². The molecule has 0 unspecified atom stereocenters. The summed E-state index contributed by atoms with van der Waals surface area (Å²) in [4.78, 5) is 10.4. The van der Waals surface area contributed by atoms with Crippen LogP contribution in [0.15, 0.2) is 21.7 Å². The second kappa shape index (κ2) is 4.30. The molecule has 70 valence electrons. The number of hydrogen-bond acceptors (Lipinski definition) is 5. The first-order chi connectivity index (χ1) is 6.22. The summed E-state index contributed by atoms with van der Waals surface area (Å²) in [5.74, 6) is 0.545. The van der Waals surface area contributed by atoms with Crippen molar-refractivity contribution in [3.05, 3.63) is 23.7 Å². The average molecular weight is 183 g/mol. The highest BCUT2D eigenvalue weighted by molar-refractivity contribution is 5.75. The Balaban J connectivity index is 2.53. The van der Waals surface area contributed by atoms with Crippen LogP contribution in [0.25, 0.3) is 0 Å². The van der Waals surface area contributed by atoms with E-state index in [1.165, 1.54) is 6.92 Å². The lowest BCUT2D eigenvalue weighted by Crippen LogP contribution is -1.97. The molecule has 0 spiro atoms. The zero-order valence-electron chi connectivity index (χ0n) is 7.06. The first-order valence-corrected chi connectivity index (χ1v) is 3.62. The molecule has 0 fully saturated rings. The molecular formula is C8H9NO4. The Morgan fingerprint density at radius 3 is 3.15 bits per heavy atom. The number of carbonyl (C=O) groups excluding carboxylic acids is 1. The molecule has 0 aromatic carbocycles. The Hall–Kier alpha value is -1.78. The lowest BCUT2D eigenvalue weighted by Gasteiger charge is -1.96. The predicted octanol–water partition coefficient (Wildman–Crippen LogP) is 1.15. The Morgan fingerprint density at radius 1 is 1.77 bits per heavy atom. The molecule has 1 aromatic rings. The number of carbonyl (C=O) groups is 1. The molecule has 5 nitrogen and oxygen atoms in total. The van der Waals surface area contributed by atoms with Crippen molar-refractivity contribution in [2.75, 3.05) is 0 Å². The number of esters is 1. The highest BCUT2D eigenvalue weighted by atomic mass is 16.5. The Morgan fingerprint density at radius 2 is 2.54 bits per heavy atom. The molecule has 1 N–H and O–H groups in total. The van der Waals surface area contributed by atoms with E-state index in [-0.39, 0.29) is 12.6 Å². The number of ether oxygens (including phenoxy) is 1. The minimum Gasteiger partial charge on any atom is -0.458 e. The molecule has 0 aliphatic heterocycles. The van der Waals surface area contributed by atoms with Crippen LogP contribution in [0.3, 0.4) is 0 Å². The van der Waals surface area contributed by atoms with E-state index in [4.69, 9.17) is 9.62 Å². The topological polar surface area (TPSA) is 72.0 Å². The molecule has 1 rings (SSSR count). The van der Waals surface area contributed by atoms with Gasteiger partial charge >= 0.3 is 5.97 Å². The van der Waals surface area contributed by atoms with Gasteiger partial charge in [-0.15, -0.1) is 0 Å². The molecule has 0 aliphatic carbocycles. The van der Waals surface area contributed by atoms with E-state index >= 15 is 0 Å². The maximum Gasteiger partial charge on any atom is 0.303 e. The zero-order valence-corrected chi connectivity index (χ0v) is 7.06. The van der Waals surface area contributed by atoms with Gasteiger partial charge in [0.05, 0.1) is 0 Å². The van der Waals surface area contributed by atoms with Gasteiger partial charge in [-0.05, 0) is 12.1 Å². The summed E-state index contributed by atoms with van der Waals surface area (Å²) in [6.07, 6.45) is 1.15. The number of rotatable bonds is 3. The summed E-state index contributed by atoms with van der Waals surface area (Å²) in [5.41, 5.74) is 0. The fourth-order valence-corrected chi connectivity index (χ4v) is 0.771. The molecule has 0 saturated carbocycles. The molecule has 1 heterocycles. The first-order valence-electron chi connectivity index (χ1n) is 3.62. The quantitative estimate of drug-likeness (QED) is 0.330. The van der Waals surface area contributed by atoms with Gasteiger partial charge in [-0.25, -0.2) is 0 Å². The molecule has 1 aromatic heterocycles. The van der Waals surface area contributed by atoms with Gasteiger partial charge in [0.25, 0.3) is 0 Å². The van der Waals surface area contributed by atoms with Crippen LogP contribution in [0, 0.1) is 0 Å². The Kier molecular flexibility index (Phi) is 3.08. The number of furan rings is 1. The Labute approximate surface area is 74.6 Å². The van der Waals surface area contributed by atoms with E-state index in [1.807, 2.05) is 0 Å². The van der Waals surface area contributed by atoms with Crippen LogP contribution in [-0.4, -0.2) is 17.4 Å². The van der Waals surface area contributed by atoms with Gasteiger partial charge in [-0.2, -0.15) is 0 Å². The maximum atomic E-state index is 10.4. The highest BCUT2D eigenvalue weighted by Crippen LogP contribution is 2.06. The zero-order chi connectivity index (χ0) is 9.68. The summed E-state index contributed by atoms with van der Waals surface area (Å²) in [7, 11) is 0. The van der Waals surface area contributed by atoms with Gasteiger partial charge in [0, 0.05) is 6.92 Å². The summed E-state index contributed by atoms with van der Waals surface area (Å²) >= 11 is 0. The minimum atomic E-state index is -0.367. The molecule has 5 heteroatoms. The third-order valence-electron chi connectivity index (χ3n) is 1.29. The molecule has 0 bridgehead atoms. The summed E-state index contributed by atoms with van der Waals surface area (Å²) < 4.78 is 9.77. The van der Waals surface area contributed by atoms with Crippen LogP contribution in [0.2, 0.25) is 0 Å². The molecule has 13 heavy (non-hydrogen) atoms. The van der Waals surface area contributed by atoms with Crippen LogP contribution in [0.1, 0.15) is 18.4 Å². The van der Waals surface area contributed by atoms with Gasteiger partial charge < -0.3 is 14.4 Å². The predicted molar refractivity (Wildman–Crippen MR) is 43.6 cm³/mol. The van der Waals surface area contributed by atoms with Gasteiger partial charge in [-0.1, -0.05) is 5.16 Å². The fraction of sp³-hybridized carbons (Fsp3) is 0.250. The Bertz CT molecular complexity index is 316. The highest BCUT2D eigenvalue weighted by Gasteiger charge is 2.01. The smallest absolute Gasteiger partial charge is 0.303 e. The normalized spacial score (nSPS) is 10.5. The lowest BCUT2D eigenvalue weighted by molar-refractivity contribution is -0.142. The fourth-order valence-electron chi connectivity index (χ4n) is 0.771. The first kappa shape index (κ1) is 9.31. The summed E-state index contributed by atoms with van der Waals surface area (Å²) in [5, 5.41) is 11.0. The van der Waals surface area contributed by atoms with E-state index in [9.17, 15) is 4.79 Å². The van der Waals surface area contributed by atoms with Gasteiger partial charge in [0.1, 0.15) is 24.3 Å². The van der Waals surface area contributed by atoms with Crippen molar-refractivity contribution in [2.45, 2.75) is 13.5 Å². The van der Waals surface area contributed by atoms with Crippen LogP contribution in [0.5, 0.6) is 0 Å². The molecule has 0 atom stereocenters. The van der Waals surface area contributed by atoms with Crippen LogP contribution in [-0.2, 0) is 16.1 Å². The molecule has 0 radical (unpaired) electrons. The number of hydrogen-bond donors (Lipinski definition) is 1. The summed E-state index contributed by atoms with van der Waals surface area (Å²) in [6, 6.07) is 3.25. The third kappa shape index (κ3) is 2.98.